The van der Waals surface area contributed by atoms with Crippen molar-refractivity contribution >= 4 is 0 Å². The summed E-state index contributed by atoms with van der Waals surface area (Å²) in [6, 6.07) is 0.504. The van der Waals surface area contributed by atoms with Gasteiger partial charge in [0.1, 0.15) is 0 Å². The minimum absolute atomic E-state index is 0.504. The first-order valence-electron chi connectivity index (χ1n) is 6.45. The van der Waals surface area contributed by atoms with Crippen LogP contribution in [0, 0.1) is 11.8 Å². The molecule has 0 saturated heterocycles. The predicted octanol–water partition coefficient (Wildman–Crippen LogP) is 3.72. The lowest BCUT2D eigenvalue weighted by Crippen LogP contribution is -2.28. The minimum atomic E-state index is 0.504. The Bertz CT molecular complexity index is 142. The van der Waals surface area contributed by atoms with Crippen LogP contribution in [-0.4, -0.2) is 6.04 Å². The highest BCUT2D eigenvalue weighted by Gasteiger charge is 2.19. The SMILES string of the molecule is CC(C)CCCC1CCCCCC1N. The minimum Gasteiger partial charge on any atom is -0.327 e. The molecule has 0 aromatic heterocycles. The molecule has 0 amide bonds. The van der Waals surface area contributed by atoms with Crippen LogP contribution in [-0.2, 0) is 0 Å². The maximum atomic E-state index is 6.20. The lowest BCUT2D eigenvalue weighted by molar-refractivity contribution is 0.350. The molecule has 1 heteroatoms. The summed E-state index contributed by atoms with van der Waals surface area (Å²) in [4.78, 5) is 0. The van der Waals surface area contributed by atoms with E-state index in [0.29, 0.717) is 6.04 Å². The third kappa shape index (κ3) is 4.45. The van der Waals surface area contributed by atoms with Crippen molar-refractivity contribution in [3.63, 3.8) is 0 Å². The summed E-state index contributed by atoms with van der Waals surface area (Å²) in [5.41, 5.74) is 6.20. The van der Waals surface area contributed by atoms with E-state index in [0.717, 1.165) is 11.8 Å². The Balaban J connectivity index is 2.19. The Labute approximate surface area is 89.5 Å². The first-order valence-corrected chi connectivity index (χ1v) is 6.45. The van der Waals surface area contributed by atoms with Gasteiger partial charge in [-0.3, -0.25) is 0 Å². The molecule has 2 unspecified atom stereocenters. The van der Waals surface area contributed by atoms with Gasteiger partial charge in [0, 0.05) is 6.04 Å². The highest BCUT2D eigenvalue weighted by molar-refractivity contribution is 4.76. The zero-order valence-electron chi connectivity index (χ0n) is 9.97. The van der Waals surface area contributed by atoms with Gasteiger partial charge < -0.3 is 5.73 Å². The van der Waals surface area contributed by atoms with Crippen LogP contribution >= 0.6 is 0 Å². The van der Waals surface area contributed by atoms with Crippen molar-refractivity contribution in [3.8, 4) is 0 Å². The monoisotopic (exact) mass is 197 g/mol. The van der Waals surface area contributed by atoms with Crippen LogP contribution in [0.5, 0.6) is 0 Å². The van der Waals surface area contributed by atoms with E-state index in [9.17, 15) is 0 Å². The molecule has 0 spiro atoms. The Morgan fingerprint density at radius 3 is 2.57 bits per heavy atom. The second-order valence-electron chi connectivity index (χ2n) is 5.39. The molecule has 1 rings (SSSR count). The normalized spacial score (nSPS) is 29.1. The molecule has 2 N–H and O–H groups in total. The van der Waals surface area contributed by atoms with Crippen LogP contribution < -0.4 is 5.73 Å². The molecule has 0 aromatic rings. The summed E-state index contributed by atoms with van der Waals surface area (Å²) in [5, 5.41) is 0. The van der Waals surface area contributed by atoms with Crippen LogP contribution in [0.1, 0.15) is 65.2 Å². The second-order valence-corrected chi connectivity index (χ2v) is 5.39. The smallest absolute Gasteiger partial charge is 0.00671 e. The van der Waals surface area contributed by atoms with E-state index in [1.54, 1.807) is 0 Å². The molecule has 0 aromatic carbocycles. The van der Waals surface area contributed by atoms with Crippen molar-refractivity contribution < 1.29 is 0 Å². The molecule has 14 heavy (non-hydrogen) atoms. The maximum absolute atomic E-state index is 6.20. The Morgan fingerprint density at radius 2 is 1.86 bits per heavy atom. The molecule has 0 aliphatic heterocycles. The van der Waals surface area contributed by atoms with Gasteiger partial charge in [0.15, 0.2) is 0 Å². The summed E-state index contributed by atoms with van der Waals surface area (Å²) in [6.45, 7) is 4.63. The van der Waals surface area contributed by atoms with E-state index in [-0.39, 0.29) is 0 Å². The van der Waals surface area contributed by atoms with E-state index in [4.69, 9.17) is 5.73 Å². The molecule has 1 aliphatic rings. The van der Waals surface area contributed by atoms with E-state index in [1.807, 2.05) is 0 Å². The number of nitrogens with two attached hydrogens (primary N) is 1. The fourth-order valence-corrected chi connectivity index (χ4v) is 2.56. The molecule has 0 heterocycles. The van der Waals surface area contributed by atoms with Gasteiger partial charge in [-0.05, 0) is 31.1 Å². The summed E-state index contributed by atoms with van der Waals surface area (Å²) in [7, 11) is 0. The highest BCUT2D eigenvalue weighted by atomic mass is 14.6. The van der Waals surface area contributed by atoms with E-state index >= 15 is 0 Å². The maximum Gasteiger partial charge on any atom is 0.00671 e. The molecule has 2 atom stereocenters. The van der Waals surface area contributed by atoms with Crippen LogP contribution in [0.25, 0.3) is 0 Å². The molecular formula is C13H27N. The van der Waals surface area contributed by atoms with Crippen LogP contribution in [0.3, 0.4) is 0 Å². The molecule has 1 aliphatic carbocycles. The molecule has 1 fully saturated rings. The quantitative estimate of drug-likeness (QED) is 0.683. The summed E-state index contributed by atoms with van der Waals surface area (Å²) in [6.07, 6.45) is 11.0. The van der Waals surface area contributed by atoms with Crippen molar-refractivity contribution in [1.29, 1.82) is 0 Å². The van der Waals surface area contributed by atoms with Gasteiger partial charge in [-0.2, -0.15) is 0 Å². The molecule has 1 nitrogen and oxygen atoms in total. The average Bonchev–Trinajstić information content (AvgIpc) is 2.31. The zero-order valence-corrected chi connectivity index (χ0v) is 9.97. The lowest BCUT2D eigenvalue weighted by atomic mass is 9.89. The Hall–Kier alpha value is -0.0400. The van der Waals surface area contributed by atoms with Gasteiger partial charge >= 0.3 is 0 Å². The lowest BCUT2D eigenvalue weighted by Gasteiger charge is -2.21. The van der Waals surface area contributed by atoms with Crippen molar-refractivity contribution in [2.24, 2.45) is 17.6 Å². The highest BCUT2D eigenvalue weighted by Crippen LogP contribution is 2.26. The number of hydrogen-bond donors (Lipinski definition) is 1. The molecule has 0 radical (unpaired) electrons. The van der Waals surface area contributed by atoms with Gasteiger partial charge in [-0.1, -0.05) is 46.0 Å². The van der Waals surface area contributed by atoms with Gasteiger partial charge in [-0.25, -0.2) is 0 Å². The Morgan fingerprint density at radius 1 is 1.14 bits per heavy atom. The largest absolute Gasteiger partial charge is 0.327 e. The number of rotatable bonds is 4. The Kier molecular flexibility index (Phi) is 5.54. The first-order chi connectivity index (χ1) is 6.70. The average molecular weight is 197 g/mol. The van der Waals surface area contributed by atoms with Crippen molar-refractivity contribution in [2.75, 3.05) is 0 Å². The van der Waals surface area contributed by atoms with Crippen molar-refractivity contribution in [3.05, 3.63) is 0 Å². The summed E-state index contributed by atoms with van der Waals surface area (Å²) >= 11 is 0. The van der Waals surface area contributed by atoms with E-state index < -0.39 is 0 Å². The van der Waals surface area contributed by atoms with Crippen molar-refractivity contribution in [2.45, 2.75) is 71.3 Å². The molecule has 0 bridgehead atoms. The van der Waals surface area contributed by atoms with Crippen LogP contribution in [0.2, 0.25) is 0 Å². The third-order valence-corrected chi connectivity index (χ3v) is 3.57. The standard InChI is InChI=1S/C13H27N/c1-11(2)7-6-9-12-8-4-3-5-10-13(12)14/h11-13H,3-10,14H2,1-2H3. The topological polar surface area (TPSA) is 26.0 Å². The van der Waals surface area contributed by atoms with Gasteiger partial charge in [0.05, 0.1) is 0 Å². The van der Waals surface area contributed by atoms with Gasteiger partial charge in [-0.15, -0.1) is 0 Å². The predicted molar refractivity (Wildman–Crippen MR) is 63.2 cm³/mol. The molecule has 1 saturated carbocycles. The third-order valence-electron chi connectivity index (χ3n) is 3.57. The summed E-state index contributed by atoms with van der Waals surface area (Å²) in [5.74, 6) is 1.69. The molecule has 84 valence electrons. The number of hydrogen-bond acceptors (Lipinski definition) is 1. The van der Waals surface area contributed by atoms with Gasteiger partial charge in [0.25, 0.3) is 0 Å². The zero-order chi connectivity index (χ0) is 10.4. The van der Waals surface area contributed by atoms with E-state index in [1.165, 1.54) is 51.4 Å². The van der Waals surface area contributed by atoms with Crippen molar-refractivity contribution in [1.82, 2.24) is 0 Å². The summed E-state index contributed by atoms with van der Waals surface area (Å²) < 4.78 is 0. The van der Waals surface area contributed by atoms with Crippen LogP contribution in [0.4, 0.5) is 0 Å². The second kappa shape index (κ2) is 6.44. The van der Waals surface area contributed by atoms with Crippen LogP contribution in [0.15, 0.2) is 0 Å². The first kappa shape index (κ1) is 12.0. The fourth-order valence-electron chi connectivity index (χ4n) is 2.56. The van der Waals surface area contributed by atoms with E-state index in [2.05, 4.69) is 13.8 Å². The fraction of sp³-hybridized carbons (Fsp3) is 1.00. The molecular weight excluding hydrogens is 170 g/mol. The van der Waals surface area contributed by atoms with Gasteiger partial charge in [0.2, 0.25) is 0 Å².